The first-order valence-electron chi connectivity index (χ1n) is 15.6. The van der Waals surface area contributed by atoms with Gasteiger partial charge in [0.2, 0.25) is 11.0 Å². The summed E-state index contributed by atoms with van der Waals surface area (Å²) in [6, 6.07) is 3.72. The van der Waals surface area contributed by atoms with Gasteiger partial charge in [0, 0.05) is 45.4 Å². The third-order valence-corrected chi connectivity index (χ3v) is 9.37. The number of nitrogens with one attached hydrogen (secondary N) is 3. The highest BCUT2D eigenvalue weighted by molar-refractivity contribution is 8.02. The third kappa shape index (κ3) is 11.8. The van der Waals surface area contributed by atoms with Gasteiger partial charge >= 0.3 is 6.18 Å². The summed E-state index contributed by atoms with van der Waals surface area (Å²) in [5.41, 5.74) is 2.14. The van der Waals surface area contributed by atoms with E-state index in [-0.39, 0.29) is 25.4 Å². The Bertz CT molecular complexity index is 1340. The van der Waals surface area contributed by atoms with E-state index < -0.39 is 27.3 Å². The van der Waals surface area contributed by atoms with E-state index in [1.54, 1.807) is 43.4 Å². The molecule has 2 aromatic rings. The molecule has 2 fully saturated rings. The Balaban J connectivity index is 0.000000275. The molecule has 0 bridgehead atoms. The van der Waals surface area contributed by atoms with E-state index >= 15 is 0 Å². The Kier molecular flexibility index (Phi) is 15.5. The van der Waals surface area contributed by atoms with Crippen molar-refractivity contribution in [2.45, 2.75) is 92.1 Å². The van der Waals surface area contributed by atoms with Gasteiger partial charge in [-0.25, -0.2) is 18.4 Å². The summed E-state index contributed by atoms with van der Waals surface area (Å²) >= 11 is 12.6. The first-order valence-corrected chi connectivity index (χ1v) is 16.9. The van der Waals surface area contributed by atoms with Crippen molar-refractivity contribution >= 4 is 49.4 Å². The van der Waals surface area contributed by atoms with Crippen molar-refractivity contribution in [2.24, 2.45) is 0 Å². The van der Waals surface area contributed by atoms with Gasteiger partial charge in [-0.05, 0) is 49.9 Å². The molecule has 2 aromatic heterocycles. The smallest absolute Gasteiger partial charge is 0.380 e. The fraction of sp³-hybridized carbons (Fsp3) is 0.562. The molecule has 4 rings (SSSR count). The molecule has 48 heavy (non-hydrogen) atoms. The Morgan fingerprint density at radius 2 is 1.83 bits per heavy atom. The topological polar surface area (TPSA) is 90.3 Å². The maximum absolute atomic E-state index is 12.9. The van der Waals surface area contributed by atoms with Crippen LogP contribution < -0.4 is 16.0 Å². The number of thiol groups is 3. The maximum atomic E-state index is 12.9. The summed E-state index contributed by atoms with van der Waals surface area (Å²) < 4.78 is 63.4. The fourth-order valence-electron chi connectivity index (χ4n) is 5.04. The van der Waals surface area contributed by atoms with Gasteiger partial charge in [-0.15, -0.1) is 19.2 Å². The van der Waals surface area contributed by atoms with Crippen LogP contribution in [0.1, 0.15) is 76.1 Å². The summed E-state index contributed by atoms with van der Waals surface area (Å²) in [4.78, 5) is 5.86. The van der Waals surface area contributed by atoms with Gasteiger partial charge in [0.15, 0.2) is 0 Å². The van der Waals surface area contributed by atoms with Crippen molar-refractivity contribution in [3.8, 4) is 0 Å². The van der Waals surface area contributed by atoms with Crippen molar-refractivity contribution in [2.75, 3.05) is 25.5 Å². The van der Waals surface area contributed by atoms with E-state index in [2.05, 4.69) is 83.7 Å². The molecule has 3 unspecified atom stereocenters. The number of pyridine rings is 1. The Morgan fingerprint density at radius 3 is 2.31 bits per heavy atom. The average molecular weight is 738 g/mol. The van der Waals surface area contributed by atoms with E-state index in [0.29, 0.717) is 42.4 Å². The van der Waals surface area contributed by atoms with Crippen LogP contribution >= 0.6 is 37.9 Å². The molecule has 1 saturated carbocycles. The molecular formula is C32H48F5N7OS3. The minimum atomic E-state index is -4.27. The zero-order valence-electron chi connectivity index (χ0n) is 27.6. The molecule has 0 amide bonds. The molecule has 0 radical (unpaired) electrons. The molecule has 1 aliphatic heterocycles. The number of rotatable bonds is 11. The van der Waals surface area contributed by atoms with Crippen LogP contribution in [0.4, 0.5) is 27.8 Å². The zero-order valence-corrected chi connectivity index (χ0v) is 30.3. The molecule has 0 spiro atoms. The van der Waals surface area contributed by atoms with E-state index in [9.17, 15) is 27.1 Å². The zero-order chi connectivity index (χ0) is 36.3. The lowest BCUT2D eigenvalue weighted by molar-refractivity contribution is -0.150. The van der Waals surface area contributed by atoms with Crippen molar-refractivity contribution in [1.29, 1.82) is 0 Å². The molecule has 1 saturated heterocycles. The molecule has 4 N–H and O–H groups in total. The molecule has 1 aliphatic carbocycles. The monoisotopic (exact) mass is 737 g/mol. The van der Waals surface area contributed by atoms with Gasteiger partial charge in [0.05, 0.1) is 23.3 Å². The molecule has 8 nitrogen and oxygen atoms in total. The van der Waals surface area contributed by atoms with Crippen molar-refractivity contribution in [3.05, 3.63) is 73.5 Å². The Morgan fingerprint density at radius 1 is 1.19 bits per heavy atom. The Hall–Kier alpha value is -2.56. The largest absolute Gasteiger partial charge is 0.410 e. The summed E-state index contributed by atoms with van der Waals surface area (Å²) in [6.07, 6.45) is 4.92. The number of anilines is 1. The van der Waals surface area contributed by atoms with Gasteiger partial charge in [-0.2, -0.15) is 43.5 Å². The van der Waals surface area contributed by atoms with Crippen LogP contribution in [0.3, 0.4) is 0 Å². The minimum Gasteiger partial charge on any atom is -0.380 e. The maximum Gasteiger partial charge on any atom is 0.410 e. The highest BCUT2D eigenvalue weighted by atomic mass is 32.2. The van der Waals surface area contributed by atoms with Crippen LogP contribution in [0.2, 0.25) is 0 Å². The first kappa shape index (κ1) is 41.6. The van der Waals surface area contributed by atoms with Crippen LogP contribution in [0.15, 0.2) is 62.2 Å². The van der Waals surface area contributed by atoms with Crippen molar-refractivity contribution < 1.29 is 27.1 Å². The third-order valence-electron chi connectivity index (χ3n) is 7.75. The molecule has 16 heteroatoms. The standard InChI is InChI=1S/C15H21F3N4.C11H17N3OS3.C6H10F2/c1-4-5-12(11-6-7-20-14(8-11)19-3)22-9-13(15(16,17)18)21-10(22)2;1-4-6-12-8(2)9-5-7-13-14(9)11(15,18)10(3,16)17;7-6(8)4-2-1-3-5-6/h6-8,12-13,21H,2,4-5,9H2,1,3H3,(H,19,20);4-5,7,12,15-18H,1-2,6H2,3H3;1-5H2. The van der Waals surface area contributed by atoms with E-state index in [0.717, 1.165) is 24.8 Å². The van der Waals surface area contributed by atoms with Gasteiger partial charge in [-0.3, -0.25) is 0 Å². The summed E-state index contributed by atoms with van der Waals surface area (Å²) in [5, 5.41) is 21.2. The predicted molar refractivity (Wildman–Crippen MR) is 193 cm³/mol. The van der Waals surface area contributed by atoms with E-state index in [1.165, 1.54) is 4.68 Å². The lowest BCUT2D eigenvalue weighted by atomic mass is 9.97. The predicted octanol–water partition coefficient (Wildman–Crippen LogP) is 7.60. The molecular weight excluding hydrogens is 690 g/mol. The van der Waals surface area contributed by atoms with Crippen molar-refractivity contribution in [1.82, 2.24) is 30.3 Å². The second-order valence-electron chi connectivity index (χ2n) is 11.7. The number of nitrogens with zero attached hydrogens (tertiary/aromatic N) is 4. The lowest BCUT2D eigenvalue weighted by Gasteiger charge is -2.35. The van der Waals surface area contributed by atoms with E-state index in [4.69, 9.17) is 0 Å². The number of alkyl halides is 5. The van der Waals surface area contributed by atoms with Crippen LogP contribution in [-0.4, -0.2) is 67.1 Å². The molecule has 2 aliphatic rings. The number of halogens is 5. The van der Waals surface area contributed by atoms with Gasteiger partial charge in [0.25, 0.3) is 0 Å². The quantitative estimate of drug-likeness (QED) is 0.0554. The average Bonchev–Trinajstić information content (AvgIpc) is 3.66. The van der Waals surface area contributed by atoms with E-state index in [1.807, 2.05) is 19.1 Å². The molecule has 3 heterocycles. The highest BCUT2D eigenvalue weighted by Gasteiger charge is 2.46. The van der Waals surface area contributed by atoms with Crippen molar-refractivity contribution in [3.63, 3.8) is 0 Å². The van der Waals surface area contributed by atoms with Gasteiger partial charge in [-0.1, -0.05) is 39.0 Å². The number of hydrogen-bond donors (Lipinski definition) is 7. The van der Waals surface area contributed by atoms with Gasteiger partial charge in [0.1, 0.15) is 15.9 Å². The molecule has 270 valence electrons. The number of hydrogen-bond acceptors (Lipinski definition) is 10. The molecule has 0 aromatic carbocycles. The first-order chi connectivity index (χ1) is 22.3. The Labute approximate surface area is 297 Å². The lowest BCUT2D eigenvalue weighted by Crippen LogP contribution is -2.44. The normalized spacial score (nSPS) is 19.4. The second kappa shape index (κ2) is 17.9. The minimum absolute atomic E-state index is 0.118. The van der Waals surface area contributed by atoms with Crippen LogP contribution in [0, 0.1) is 0 Å². The SMILES string of the molecule is C=C1NC(C(F)(F)F)CN1C(CCC)c1ccnc(NC)c1.C=CCNC(=C)c1ccnn1C(O)(S)C(C)(S)S.FC1(F)CCCCC1. The van der Waals surface area contributed by atoms with Crippen LogP contribution in [0.25, 0.3) is 5.70 Å². The van der Waals surface area contributed by atoms with Crippen LogP contribution in [0.5, 0.6) is 0 Å². The summed E-state index contributed by atoms with van der Waals surface area (Å²) in [7, 11) is 1.76. The highest BCUT2D eigenvalue weighted by Crippen LogP contribution is 2.40. The number of aromatic nitrogens is 3. The number of aliphatic hydroxyl groups is 1. The summed E-state index contributed by atoms with van der Waals surface area (Å²) in [6.45, 7) is 15.3. The second-order valence-corrected chi connectivity index (χ2v) is 14.5. The van der Waals surface area contributed by atoms with Gasteiger partial charge < -0.3 is 26.0 Å². The molecule has 3 atom stereocenters. The fourth-order valence-corrected chi connectivity index (χ4v) is 5.39. The van der Waals surface area contributed by atoms with Crippen LogP contribution in [-0.2, 0) is 5.06 Å². The summed E-state index contributed by atoms with van der Waals surface area (Å²) in [5.74, 6) is -1.30.